The third-order valence-corrected chi connectivity index (χ3v) is 5.88. The van der Waals surface area contributed by atoms with Crippen molar-refractivity contribution >= 4 is 40.1 Å². The third kappa shape index (κ3) is 2.80. The molecule has 1 aliphatic heterocycles. The van der Waals surface area contributed by atoms with Gasteiger partial charge in [-0.1, -0.05) is 60.3 Å². The molecular formula is C22H17N3OS. The highest BCUT2D eigenvalue weighted by atomic mass is 32.2. The Hall–Kier alpha value is -3.05. The van der Waals surface area contributed by atoms with Crippen LogP contribution in [0.3, 0.4) is 0 Å². The average molecular weight is 371 g/mol. The van der Waals surface area contributed by atoms with Gasteiger partial charge >= 0.3 is 0 Å². The molecule has 0 aliphatic carbocycles. The van der Waals surface area contributed by atoms with Crippen LogP contribution < -0.4 is 4.90 Å². The van der Waals surface area contributed by atoms with E-state index in [0.717, 1.165) is 27.6 Å². The van der Waals surface area contributed by atoms with Crippen molar-refractivity contribution in [2.75, 3.05) is 11.4 Å². The number of carbonyl (C=O) groups is 1. The van der Waals surface area contributed by atoms with Crippen LogP contribution in [-0.4, -0.2) is 27.3 Å². The monoisotopic (exact) mass is 371 g/mol. The number of imidazole rings is 1. The molecule has 0 N–H and O–H groups in total. The fourth-order valence-corrected chi connectivity index (χ4v) is 4.60. The number of nitrogens with zero attached hydrogens (tertiary/aromatic N) is 3. The second-order valence-electron chi connectivity index (χ2n) is 6.44. The zero-order valence-corrected chi connectivity index (χ0v) is 15.3. The summed E-state index contributed by atoms with van der Waals surface area (Å²) in [5.41, 5.74) is 3.91. The van der Waals surface area contributed by atoms with E-state index in [2.05, 4.69) is 34.1 Å². The minimum Gasteiger partial charge on any atom is -0.340 e. The van der Waals surface area contributed by atoms with Crippen molar-refractivity contribution in [2.45, 2.75) is 10.4 Å². The highest BCUT2D eigenvalue weighted by Crippen LogP contribution is 2.37. The second kappa shape index (κ2) is 6.59. The van der Waals surface area contributed by atoms with E-state index in [1.165, 1.54) is 0 Å². The Kier molecular flexibility index (Phi) is 3.94. The highest BCUT2D eigenvalue weighted by molar-refractivity contribution is 8.01. The number of rotatable bonds is 4. The van der Waals surface area contributed by atoms with Gasteiger partial charge in [-0.2, -0.15) is 0 Å². The number of hydrogen-bond acceptors (Lipinski definition) is 4. The van der Waals surface area contributed by atoms with Crippen LogP contribution in [0.1, 0.15) is 4.79 Å². The molecule has 2 heterocycles. The van der Waals surface area contributed by atoms with E-state index in [1.807, 2.05) is 60.7 Å². The Morgan fingerprint density at radius 3 is 2.11 bits per heavy atom. The van der Waals surface area contributed by atoms with Crippen molar-refractivity contribution in [1.29, 1.82) is 0 Å². The number of fused-ring (bicyclic) bond motifs is 3. The molecule has 0 saturated heterocycles. The van der Waals surface area contributed by atoms with Gasteiger partial charge in [-0.05, 0) is 36.4 Å². The fourth-order valence-electron chi connectivity index (χ4n) is 3.47. The Morgan fingerprint density at radius 2 is 1.44 bits per heavy atom. The highest BCUT2D eigenvalue weighted by Gasteiger charge is 2.35. The zero-order valence-electron chi connectivity index (χ0n) is 14.5. The Balaban J connectivity index is 1.49. The van der Waals surface area contributed by atoms with E-state index >= 15 is 0 Å². The summed E-state index contributed by atoms with van der Waals surface area (Å²) in [5.74, 6) is 0.0977. The van der Waals surface area contributed by atoms with E-state index in [1.54, 1.807) is 16.3 Å². The number of carbonyl (C=O) groups excluding carboxylic acids is 1. The second-order valence-corrected chi connectivity index (χ2v) is 7.61. The van der Waals surface area contributed by atoms with Crippen LogP contribution in [0.2, 0.25) is 0 Å². The molecule has 27 heavy (non-hydrogen) atoms. The van der Waals surface area contributed by atoms with Gasteiger partial charge in [-0.15, -0.1) is 0 Å². The molecule has 0 saturated carbocycles. The molecule has 1 atom stereocenters. The molecule has 5 rings (SSSR count). The third-order valence-electron chi connectivity index (χ3n) is 4.76. The van der Waals surface area contributed by atoms with E-state index in [0.29, 0.717) is 6.54 Å². The van der Waals surface area contributed by atoms with Crippen LogP contribution in [0.15, 0.2) is 90.1 Å². The van der Waals surface area contributed by atoms with Crippen LogP contribution in [0.4, 0.5) is 11.4 Å². The van der Waals surface area contributed by atoms with Gasteiger partial charge in [-0.25, -0.2) is 4.98 Å². The van der Waals surface area contributed by atoms with Gasteiger partial charge in [0.25, 0.3) is 0 Å². The number of anilines is 2. The molecule has 5 heteroatoms. The standard InChI is InChI=1S/C22H17N3OS/c26-21-20(27-22-23-18-13-7-8-14-19(18)25(21)22)15-24(16-9-3-1-4-10-16)17-11-5-2-6-12-17/h1-14,20H,15H2. The minimum atomic E-state index is -0.197. The molecule has 132 valence electrons. The van der Waals surface area contributed by atoms with Crippen molar-refractivity contribution < 1.29 is 4.79 Å². The van der Waals surface area contributed by atoms with E-state index < -0.39 is 0 Å². The molecule has 0 spiro atoms. The van der Waals surface area contributed by atoms with Crippen LogP contribution in [0.5, 0.6) is 0 Å². The van der Waals surface area contributed by atoms with Gasteiger partial charge in [0.15, 0.2) is 5.16 Å². The molecule has 1 aromatic heterocycles. The maximum atomic E-state index is 13.1. The summed E-state index contributed by atoms with van der Waals surface area (Å²) in [5, 5.41) is 0.588. The number of aromatic nitrogens is 2. The number of thioether (sulfide) groups is 1. The lowest BCUT2D eigenvalue weighted by Crippen LogP contribution is -2.31. The van der Waals surface area contributed by atoms with Gasteiger partial charge in [0.2, 0.25) is 5.91 Å². The number of para-hydroxylation sites is 4. The van der Waals surface area contributed by atoms with E-state index in [-0.39, 0.29) is 11.2 Å². The normalized spacial score (nSPS) is 15.9. The molecule has 4 aromatic rings. The van der Waals surface area contributed by atoms with Crippen LogP contribution in [0, 0.1) is 0 Å². The lowest BCUT2D eigenvalue weighted by atomic mass is 10.2. The van der Waals surface area contributed by atoms with Gasteiger partial charge in [0.1, 0.15) is 5.25 Å². The predicted molar refractivity (Wildman–Crippen MR) is 110 cm³/mol. The first-order valence-electron chi connectivity index (χ1n) is 8.87. The van der Waals surface area contributed by atoms with Crippen LogP contribution in [0.25, 0.3) is 11.0 Å². The van der Waals surface area contributed by atoms with Crippen molar-refractivity contribution in [3.05, 3.63) is 84.9 Å². The molecule has 1 unspecified atom stereocenters. The SMILES string of the molecule is O=C1C(CN(c2ccccc2)c2ccccc2)Sc2nc3ccccc3n21. The van der Waals surface area contributed by atoms with E-state index in [9.17, 15) is 4.79 Å². The van der Waals surface area contributed by atoms with Crippen molar-refractivity contribution in [1.82, 2.24) is 9.55 Å². The minimum absolute atomic E-state index is 0.0977. The van der Waals surface area contributed by atoms with Gasteiger partial charge in [0.05, 0.1) is 11.0 Å². The van der Waals surface area contributed by atoms with Gasteiger partial charge in [-0.3, -0.25) is 9.36 Å². The van der Waals surface area contributed by atoms with Gasteiger partial charge in [0, 0.05) is 17.9 Å². The molecule has 3 aromatic carbocycles. The summed E-state index contributed by atoms with van der Waals surface area (Å²) in [6.07, 6.45) is 0. The summed E-state index contributed by atoms with van der Waals surface area (Å²) < 4.78 is 1.76. The lowest BCUT2D eigenvalue weighted by molar-refractivity contribution is 0.0917. The Labute approximate surface area is 161 Å². The molecule has 0 bridgehead atoms. The van der Waals surface area contributed by atoms with Gasteiger partial charge < -0.3 is 4.90 Å². The fraction of sp³-hybridized carbons (Fsp3) is 0.0909. The summed E-state index contributed by atoms with van der Waals surface area (Å²) >= 11 is 1.55. The topological polar surface area (TPSA) is 38.1 Å². The first-order chi connectivity index (χ1) is 13.3. The molecule has 1 aliphatic rings. The summed E-state index contributed by atoms with van der Waals surface area (Å²) in [6, 6.07) is 28.2. The van der Waals surface area contributed by atoms with Crippen molar-refractivity contribution in [3.63, 3.8) is 0 Å². The maximum Gasteiger partial charge on any atom is 0.248 e. The van der Waals surface area contributed by atoms with Crippen LogP contribution >= 0.6 is 11.8 Å². The molecule has 4 nitrogen and oxygen atoms in total. The molecular weight excluding hydrogens is 354 g/mol. The van der Waals surface area contributed by atoms with Crippen molar-refractivity contribution in [2.24, 2.45) is 0 Å². The quantitative estimate of drug-likeness (QED) is 0.507. The average Bonchev–Trinajstić information content (AvgIpc) is 3.23. The molecule has 0 radical (unpaired) electrons. The lowest BCUT2D eigenvalue weighted by Gasteiger charge is -2.26. The van der Waals surface area contributed by atoms with E-state index in [4.69, 9.17) is 0 Å². The Bertz CT molecular complexity index is 1070. The molecule has 0 fully saturated rings. The number of hydrogen-bond donors (Lipinski definition) is 0. The smallest absolute Gasteiger partial charge is 0.248 e. The maximum absolute atomic E-state index is 13.1. The van der Waals surface area contributed by atoms with Crippen molar-refractivity contribution in [3.8, 4) is 0 Å². The summed E-state index contributed by atoms with van der Waals surface area (Å²) in [6.45, 7) is 0.592. The van der Waals surface area contributed by atoms with Crippen LogP contribution in [-0.2, 0) is 0 Å². The predicted octanol–water partition coefficient (Wildman–Crippen LogP) is 4.99. The summed E-state index contributed by atoms with van der Waals surface area (Å²) in [7, 11) is 0. The first-order valence-corrected chi connectivity index (χ1v) is 9.75. The first kappa shape index (κ1) is 16.1. The Morgan fingerprint density at radius 1 is 0.852 bits per heavy atom. The number of benzene rings is 3. The largest absolute Gasteiger partial charge is 0.340 e. The molecule has 0 amide bonds. The summed E-state index contributed by atoms with van der Waals surface area (Å²) in [4.78, 5) is 20.0. The zero-order chi connectivity index (χ0) is 18.2.